The number of methoxy groups -OCH3 is 1. The van der Waals surface area contributed by atoms with Crippen LogP contribution in [0.2, 0.25) is 5.02 Å². The van der Waals surface area contributed by atoms with Gasteiger partial charge in [0.25, 0.3) is 0 Å². The lowest BCUT2D eigenvalue weighted by molar-refractivity contribution is -0.116. The van der Waals surface area contributed by atoms with E-state index in [9.17, 15) is 4.79 Å². The molecule has 1 atom stereocenters. The standard InChI is InChI=1S/C25H24ClN7O2/c1-16(22(34)28-19-13-14-21(35-2)20(26)15-19)27-23-31-24(29-17-9-5-3-6-10-17)33-25(32-23)30-18-11-7-4-8-12-18/h3-16H,1-2H3,(H,28,34)(H3,27,29,30,31,32,33)/t16-/m1/s1. The summed E-state index contributed by atoms with van der Waals surface area (Å²) in [6.45, 7) is 1.71. The van der Waals surface area contributed by atoms with Crippen molar-refractivity contribution in [1.82, 2.24) is 15.0 Å². The predicted molar refractivity (Wildman–Crippen MR) is 139 cm³/mol. The maximum Gasteiger partial charge on any atom is 0.246 e. The lowest BCUT2D eigenvalue weighted by Crippen LogP contribution is -2.32. The Balaban J connectivity index is 1.52. The Morgan fingerprint density at radius 2 is 1.34 bits per heavy atom. The fraction of sp³-hybridized carbons (Fsp3) is 0.120. The van der Waals surface area contributed by atoms with Crippen molar-refractivity contribution < 1.29 is 9.53 Å². The average molecular weight is 490 g/mol. The normalized spacial score (nSPS) is 11.3. The largest absolute Gasteiger partial charge is 0.495 e. The number of hydrogen-bond acceptors (Lipinski definition) is 8. The van der Waals surface area contributed by atoms with Crippen molar-refractivity contribution in [3.05, 3.63) is 83.9 Å². The monoisotopic (exact) mass is 489 g/mol. The van der Waals surface area contributed by atoms with Crippen molar-refractivity contribution in [3.63, 3.8) is 0 Å². The summed E-state index contributed by atoms with van der Waals surface area (Å²) in [7, 11) is 1.53. The summed E-state index contributed by atoms with van der Waals surface area (Å²) in [6, 6.07) is 23.4. The van der Waals surface area contributed by atoms with Crippen molar-refractivity contribution in [3.8, 4) is 5.75 Å². The lowest BCUT2D eigenvalue weighted by Gasteiger charge is -2.16. The smallest absolute Gasteiger partial charge is 0.246 e. The van der Waals surface area contributed by atoms with Gasteiger partial charge in [-0.1, -0.05) is 48.0 Å². The van der Waals surface area contributed by atoms with Gasteiger partial charge in [-0.25, -0.2) is 0 Å². The molecule has 1 aromatic heterocycles. The number of halogens is 1. The molecule has 35 heavy (non-hydrogen) atoms. The third kappa shape index (κ3) is 6.58. The molecule has 0 saturated heterocycles. The summed E-state index contributed by atoms with van der Waals surface area (Å²) in [5.74, 6) is 1.11. The number of carbonyl (C=O) groups is 1. The lowest BCUT2D eigenvalue weighted by atomic mass is 10.2. The number of para-hydroxylation sites is 2. The minimum absolute atomic E-state index is 0.229. The number of nitrogens with zero attached hydrogens (tertiary/aromatic N) is 3. The van der Waals surface area contributed by atoms with Gasteiger partial charge in [0.05, 0.1) is 12.1 Å². The van der Waals surface area contributed by atoms with Crippen LogP contribution < -0.4 is 26.0 Å². The van der Waals surface area contributed by atoms with Crippen LogP contribution in [0.3, 0.4) is 0 Å². The Morgan fingerprint density at radius 1 is 0.800 bits per heavy atom. The second-order valence-corrected chi connectivity index (χ2v) is 7.90. The first-order valence-corrected chi connectivity index (χ1v) is 11.2. The second kappa shape index (κ2) is 11.2. The van der Waals surface area contributed by atoms with Crippen LogP contribution in [0.15, 0.2) is 78.9 Å². The Morgan fingerprint density at radius 3 is 1.86 bits per heavy atom. The summed E-state index contributed by atoms with van der Waals surface area (Å²) in [5, 5.41) is 12.6. The van der Waals surface area contributed by atoms with Crippen LogP contribution >= 0.6 is 11.6 Å². The summed E-state index contributed by atoms with van der Waals surface area (Å²) >= 11 is 6.16. The molecule has 0 aliphatic rings. The van der Waals surface area contributed by atoms with Gasteiger partial charge in [-0.05, 0) is 49.4 Å². The van der Waals surface area contributed by atoms with E-state index in [1.807, 2.05) is 60.7 Å². The molecular formula is C25H24ClN7O2. The summed E-state index contributed by atoms with van der Waals surface area (Å²) in [6.07, 6.45) is 0. The highest BCUT2D eigenvalue weighted by molar-refractivity contribution is 6.32. The van der Waals surface area contributed by atoms with Crippen molar-refractivity contribution in [1.29, 1.82) is 0 Å². The molecule has 0 fully saturated rings. The highest BCUT2D eigenvalue weighted by Crippen LogP contribution is 2.27. The van der Waals surface area contributed by atoms with Gasteiger partial charge < -0.3 is 26.0 Å². The van der Waals surface area contributed by atoms with Crippen molar-refractivity contribution >= 4 is 52.4 Å². The molecule has 178 valence electrons. The molecule has 4 aromatic rings. The molecule has 10 heteroatoms. The Kier molecular flexibility index (Phi) is 7.59. The molecular weight excluding hydrogens is 466 g/mol. The molecule has 0 saturated carbocycles. The third-order valence-corrected chi connectivity index (χ3v) is 5.15. The maximum absolute atomic E-state index is 12.8. The first kappa shape index (κ1) is 23.8. The van der Waals surface area contributed by atoms with Crippen LogP contribution in [0.4, 0.5) is 34.9 Å². The molecule has 4 N–H and O–H groups in total. The zero-order chi connectivity index (χ0) is 24.6. The van der Waals surface area contributed by atoms with Gasteiger partial charge in [-0.15, -0.1) is 0 Å². The summed E-state index contributed by atoms with van der Waals surface area (Å²) in [4.78, 5) is 26.1. The fourth-order valence-electron chi connectivity index (χ4n) is 3.11. The molecule has 0 aliphatic heterocycles. The molecule has 3 aromatic carbocycles. The first-order chi connectivity index (χ1) is 17.0. The Labute approximate surface area is 207 Å². The highest BCUT2D eigenvalue weighted by Gasteiger charge is 2.17. The second-order valence-electron chi connectivity index (χ2n) is 7.49. The van der Waals surface area contributed by atoms with Crippen LogP contribution in [0.25, 0.3) is 0 Å². The number of rotatable bonds is 9. The number of anilines is 6. The van der Waals surface area contributed by atoms with Gasteiger partial charge in [0, 0.05) is 17.1 Å². The summed E-state index contributed by atoms with van der Waals surface area (Å²) < 4.78 is 5.15. The van der Waals surface area contributed by atoms with Crippen LogP contribution in [0, 0.1) is 0 Å². The van der Waals surface area contributed by atoms with E-state index in [0.717, 1.165) is 11.4 Å². The van der Waals surface area contributed by atoms with Crippen LogP contribution in [-0.2, 0) is 4.79 Å². The van der Waals surface area contributed by atoms with Crippen molar-refractivity contribution in [2.75, 3.05) is 28.4 Å². The van der Waals surface area contributed by atoms with E-state index < -0.39 is 6.04 Å². The molecule has 0 aliphatic carbocycles. The highest BCUT2D eigenvalue weighted by atomic mass is 35.5. The molecule has 9 nitrogen and oxygen atoms in total. The van der Waals surface area contributed by atoms with E-state index in [0.29, 0.717) is 28.4 Å². The number of ether oxygens (including phenoxy) is 1. The minimum atomic E-state index is -0.660. The number of carbonyl (C=O) groups excluding carboxylic acids is 1. The zero-order valence-corrected chi connectivity index (χ0v) is 19.9. The van der Waals surface area contributed by atoms with E-state index in [-0.39, 0.29) is 11.9 Å². The van der Waals surface area contributed by atoms with Crippen LogP contribution in [-0.4, -0.2) is 34.0 Å². The molecule has 0 unspecified atom stereocenters. The van der Waals surface area contributed by atoms with E-state index >= 15 is 0 Å². The number of aromatic nitrogens is 3. The number of benzene rings is 3. The zero-order valence-electron chi connectivity index (χ0n) is 19.1. The number of nitrogens with one attached hydrogen (secondary N) is 4. The molecule has 0 radical (unpaired) electrons. The minimum Gasteiger partial charge on any atom is -0.495 e. The maximum atomic E-state index is 12.8. The fourth-order valence-corrected chi connectivity index (χ4v) is 3.36. The van der Waals surface area contributed by atoms with Crippen LogP contribution in [0.5, 0.6) is 5.75 Å². The molecule has 0 spiro atoms. The van der Waals surface area contributed by atoms with E-state index in [2.05, 4.69) is 36.2 Å². The molecule has 1 heterocycles. The van der Waals surface area contributed by atoms with Gasteiger partial charge in [-0.3, -0.25) is 4.79 Å². The van der Waals surface area contributed by atoms with Gasteiger partial charge in [-0.2, -0.15) is 15.0 Å². The van der Waals surface area contributed by atoms with Crippen molar-refractivity contribution in [2.45, 2.75) is 13.0 Å². The average Bonchev–Trinajstić information content (AvgIpc) is 2.85. The SMILES string of the molecule is COc1ccc(NC(=O)[C@@H](C)Nc2nc(Nc3ccccc3)nc(Nc3ccccc3)n2)cc1Cl. The quantitative estimate of drug-likeness (QED) is 0.245. The van der Waals surface area contributed by atoms with Crippen molar-refractivity contribution in [2.24, 2.45) is 0 Å². The van der Waals surface area contributed by atoms with Gasteiger partial charge in [0.15, 0.2) is 0 Å². The van der Waals surface area contributed by atoms with Crippen LogP contribution in [0.1, 0.15) is 6.92 Å². The summed E-state index contributed by atoms with van der Waals surface area (Å²) in [5.41, 5.74) is 2.18. The Bertz CT molecular complexity index is 1230. The third-order valence-electron chi connectivity index (χ3n) is 4.85. The number of amides is 1. The van der Waals surface area contributed by atoms with E-state index in [1.165, 1.54) is 7.11 Å². The Hall–Kier alpha value is -4.37. The number of hydrogen-bond donors (Lipinski definition) is 4. The first-order valence-electron chi connectivity index (χ1n) is 10.8. The molecule has 0 bridgehead atoms. The van der Waals surface area contributed by atoms with Gasteiger partial charge >= 0.3 is 0 Å². The van der Waals surface area contributed by atoms with E-state index in [1.54, 1.807) is 25.1 Å². The predicted octanol–water partition coefficient (Wildman–Crippen LogP) is 5.46. The van der Waals surface area contributed by atoms with Gasteiger partial charge in [0.1, 0.15) is 11.8 Å². The molecule has 4 rings (SSSR count). The topological polar surface area (TPSA) is 113 Å². The van der Waals surface area contributed by atoms with E-state index in [4.69, 9.17) is 16.3 Å². The molecule has 1 amide bonds. The van der Waals surface area contributed by atoms with Gasteiger partial charge in [0.2, 0.25) is 23.8 Å².